The van der Waals surface area contributed by atoms with E-state index in [-0.39, 0.29) is 11.3 Å². The number of rotatable bonds is 4. The van der Waals surface area contributed by atoms with Crippen molar-refractivity contribution < 1.29 is 9.18 Å². The molecule has 3 nitrogen and oxygen atoms in total. The molecule has 0 N–H and O–H groups in total. The molecule has 1 aliphatic heterocycles. The number of halogens is 1. The largest absolute Gasteiger partial charge is 0.370 e. The summed E-state index contributed by atoms with van der Waals surface area (Å²) in [6.07, 6.45) is 0.987. The minimum atomic E-state index is -0.427. The second-order valence-corrected chi connectivity index (χ2v) is 6.77. The topological polar surface area (TPSA) is 23.6 Å². The van der Waals surface area contributed by atoms with Gasteiger partial charge in [-0.15, -0.1) is 0 Å². The molecule has 4 heteroatoms. The highest BCUT2D eigenvalue weighted by Gasteiger charge is 2.24. The van der Waals surface area contributed by atoms with Gasteiger partial charge in [-0.25, -0.2) is 4.39 Å². The fraction of sp³-hybridized carbons (Fsp3) is 0.381. The number of benzene rings is 2. The highest BCUT2D eigenvalue weighted by Crippen LogP contribution is 2.26. The van der Waals surface area contributed by atoms with Gasteiger partial charge in [0.2, 0.25) is 0 Å². The van der Waals surface area contributed by atoms with Gasteiger partial charge in [0.1, 0.15) is 5.82 Å². The van der Waals surface area contributed by atoms with E-state index in [2.05, 4.69) is 41.0 Å². The summed E-state index contributed by atoms with van der Waals surface area (Å²) in [5.41, 5.74) is 2.24. The maximum absolute atomic E-state index is 14.1. The van der Waals surface area contributed by atoms with Crippen molar-refractivity contribution >= 4 is 11.5 Å². The van der Waals surface area contributed by atoms with Gasteiger partial charge in [-0.2, -0.15) is 0 Å². The minimum Gasteiger partial charge on any atom is -0.370 e. The van der Waals surface area contributed by atoms with Crippen LogP contribution in [-0.2, 0) is 6.54 Å². The second-order valence-electron chi connectivity index (χ2n) is 6.77. The third-order valence-corrected chi connectivity index (χ3v) is 5.01. The van der Waals surface area contributed by atoms with Gasteiger partial charge < -0.3 is 4.90 Å². The molecule has 1 atom stereocenters. The molecule has 1 saturated heterocycles. The molecule has 0 aromatic heterocycles. The molecule has 1 unspecified atom stereocenters. The van der Waals surface area contributed by atoms with Gasteiger partial charge in [-0.3, -0.25) is 9.69 Å². The lowest BCUT2D eigenvalue weighted by Gasteiger charge is -2.27. The molecule has 3 rings (SSSR count). The summed E-state index contributed by atoms with van der Waals surface area (Å²) >= 11 is 0. The molecule has 1 heterocycles. The van der Waals surface area contributed by atoms with Crippen molar-refractivity contribution in [2.75, 3.05) is 24.5 Å². The van der Waals surface area contributed by atoms with Crippen LogP contribution in [0.3, 0.4) is 0 Å². The normalized spacial score (nSPS) is 18.8. The molecular weight excluding hydrogens is 315 g/mol. The summed E-state index contributed by atoms with van der Waals surface area (Å²) in [7, 11) is 0. The van der Waals surface area contributed by atoms with Crippen LogP contribution in [0.2, 0.25) is 0 Å². The molecule has 0 spiro atoms. The van der Waals surface area contributed by atoms with Gasteiger partial charge in [-0.1, -0.05) is 36.4 Å². The molecule has 2 aromatic carbocycles. The standard InChI is InChI=1S/C21H25FN2O/c1-16-11-12-23(20-10-6-9-19(22)21(20)17(2)25)13-14-24(16)15-18-7-4-3-5-8-18/h3-10,16H,11-15H2,1-2H3. The third-order valence-electron chi connectivity index (χ3n) is 5.01. The van der Waals surface area contributed by atoms with E-state index in [1.807, 2.05) is 12.1 Å². The van der Waals surface area contributed by atoms with Crippen molar-refractivity contribution in [1.29, 1.82) is 0 Å². The SMILES string of the molecule is CC(=O)c1c(F)cccc1N1CCC(C)N(Cc2ccccc2)CC1. The van der Waals surface area contributed by atoms with Gasteiger partial charge in [0.15, 0.2) is 5.78 Å². The Balaban J connectivity index is 1.77. The lowest BCUT2D eigenvalue weighted by Crippen LogP contribution is -2.34. The first-order valence-corrected chi connectivity index (χ1v) is 8.88. The summed E-state index contributed by atoms with van der Waals surface area (Å²) in [6.45, 7) is 7.10. The molecule has 1 aliphatic rings. The fourth-order valence-corrected chi connectivity index (χ4v) is 3.53. The fourth-order valence-electron chi connectivity index (χ4n) is 3.53. The molecule has 132 valence electrons. The molecule has 0 bridgehead atoms. The predicted octanol–water partition coefficient (Wildman–Crippen LogP) is 4.13. The van der Waals surface area contributed by atoms with Crippen molar-refractivity contribution in [1.82, 2.24) is 4.90 Å². The monoisotopic (exact) mass is 340 g/mol. The van der Waals surface area contributed by atoms with E-state index < -0.39 is 5.82 Å². The smallest absolute Gasteiger partial charge is 0.164 e. The maximum Gasteiger partial charge on any atom is 0.164 e. The number of carbonyl (C=O) groups is 1. The molecule has 0 saturated carbocycles. The van der Waals surface area contributed by atoms with Gasteiger partial charge in [0.05, 0.1) is 11.3 Å². The van der Waals surface area contributed by atoms with E-state index >= 15 is 0 Å². The van der Waals surface area contributed by atoms with Crippen LogP contribution in [0.4, 0.5) is 10.1 Å². The van der Waals surface area contributed by atoms with Crippen LogP contribution < -0.4 is 4.90 Å². The van der Waals surface area contributed by atoms with Crippen LogP contribution in [0, 0.1) is 5.82 Å². The Labute approximate surface area is 149 Å². The predicted molar refractivity (Wildman–Crippen MR) is 99.5 cm³/mol. The number of carbonyl (C=O) groups excluding carboxylic acids is 1. The van der Waals surface area contributed by atoms with Crippen LogP contribution in [-0.4, -0.2) is 36.4 Å². The van der Waals surface area contributed by atoms with Crippen LogP contribution in [0.1, 0.15) is 36.2 Å². The molecular formula is C21H25FN2O. The number of hydrogen-bond donors (Lipinski definition) is 0. The zero-order chi connectivity index (χ0) is 17.8. The number of ketones is 1. The zero-order valence-electron chi connectivity index (χ0n) is 14.9. The first kappa shape index (κ1) is 17.6. The number of hydrogen-bond acceptors (Lipinski definition) is 3. The molecule has 1 fully saturated rings. The van der Waals surface area contributed by atoms with Gasteiger partial charge in [0, 0.05) is 32.2 Å². The Bertz CT molecular complexity index is 732. The summed E-state index contributed by atoms with van der Waals surface area (Å²) in [4.78, 5) is 16.5. The highest BCUT2D eigenvalue weighted by molar-refractivity contribution is 6.00. The summed E-state index contributed by atoms with van der Waals surface area (Å²) in [5, 5.41) is 0. The Morgan fingerprint density at radius 1 is 1.08 bits per heavy atom. The molecule has 0 aliphatic carbocycles. The minimum absolute atomic E-state index is 0.215. The highest BCUT2D eigenvalue weighted by atomic mass is 19.1. The Hall–Kier alpha value is -2.20. The average Bonchev–Trinajstić information content (AvgIpc) is 2.78. The summed E-state index contributed by atoms with van der Waals surface area (Å²) in [5.74, 6) is -0.644. The van der Waals surface area contributed by atoms with E-state index in [0.29, 0.717) is 6.04 Å². The first-order chi connectivity index (χ1) is 12.1. The van der Waals surface area contributed by atoms with Crippen LogP contribution in [0.25, 0.3) is 0 Å². The van der Waals surface area contributed by atoms with Crippen molar-refractivity contribution in [2.24, 2.45) is 0 Å². The number of Topliss-reactive ketones (excluding diaryl/α,β-unsaturated/α-hetero) is 1. The summed E-state index contributed by atoms with van der Waals surface area (Å²) in [6, 6.07) is 15.8. The zero-order valence-corrected chi connectivity index (χ0v) is 14.9. The molecule has 0 radical (unpaired) electrons. The van der Waals surface area contributed by atoms with Crippen molar-refractivity contribution in [2.45, 2.75) is 32.9 Å². The first-order valence-electron chi connectivity index (χ1n) is 8.88. The number of anilines is 1. The van der Waals surface area contributed by atoms with Gasteiger partial charge in [0.25, 0.3) is 0 Å². The lowest BCUT2D eigenvalue weighted by atomic mass is 10.1. The molecule has 2 aromatic rings. The second kappa shape index (κ2) is 7.79. The van der Waals surface area contributed by atoms with E-state index in [1.54, 1.807) is 6.07 Å². The maximum atomic E-state index is 14.1. The van der Waals surface area contributed by atoms with E-state index in [1.165, 1.54) is 18.6 Å². The Kier molecular flexibility index (Phi) is 5.49. The van der Waals surface area contributed by atoms with Gasteiger partial charge >= 0.3 is 0 Å². The van der Waals surface area contributed by atoms with Crippen molar-refractivity contribution in [3.63, 3.8) is 0 Å². The summed E-state index contributed by atoms with van der Waals surface area (Å²) < 4.78 is 14.1. The third kappa shape index (κ3) is 4.07. The van der Waals surface area contributed by atoms with Crippen molar-refractivity contribution in [3.05, 3.63) is 65.5 Å². The van der Waals surface area contributed by atoms with Crippen LogP contribution in [0.5, 0.6) is 0 Å². The average molecular weight is 340 g/mol. The lowest BCUT2D eigenvalue weighted by molar-refractivity contribution is 0.101. The van der Waals surface area contributed by atoms with Crippen LogP contribution >= 0.6 is 0 Å². The number of nitrogens with zero attached hydrogens (tertiary/aromatic N) is 2. The van der Waals surface area contributed by atoms with Crippen LogP contribution in [0.15, 0.2) is 48.5 Å². The Morgan fingerprint density at radius 3 is 2.56 bits per heavy atom. The van der Waals surface area contributed by atoms with E-state index in [4.69, 9.17) is 0 Å². The Morgan fingerprint density at radius 2 is 1.84 bits per heavy atom. The quantitative estimate of drug-likeness (QED) is 0.782. The van der Waals surface area contributed by atoms with Gasteiger partial charge in [-0.05, 0) is 38.0 Å². The van der Waals surface area contributed by atoms with E-state index in [0.717, 1.165) is 38.3 Å². The molecule has 0 amide bonds. The van der Waals surface area contributed by atoms with E-state index in [9.17, 15) is 9.18 Å². The van der Waals surface area contributed by atoms with Crippen molar-refractivity contribution in [3.8, 4) is 0 Å². The molecule has 25 heavy (non-hydrogen) atoms.